The van der Waals surface area contributed by atoms with Crippen LogP contribution in [0, 0.1) is 0 Å². The average molecular weight is 344 g/mol. The van der Waals surface area contributed by atoms with Crippen LogP contribution in [-0.2, 0) is 4.79 Å². The van der Waals surface area contributed by atoms with Gasteiger partial charge in [-0.15, -0.1) is 11.3 Å². The molecular formula is C16H12N2O5S. The molecule has 2 aromatic heterocycles. The second-order valence-corrected chi connectivity index (χ2v) is 5.53. The predicted molar refractivity (Wildman–Crippen MR) is 87.3 cm³/mol. The zero-order valence-electron chi connectivity index (χ0n) is 12.3. The van der Waals surface area contributed by atoms with Crippen molar-refractivity contribution < 1.29 is 23.8 Å². The van der Waals surface area contributed by atoms with Crippen molar-refractivity contribution in [3.05, 3.63) is 53.8 Å². The summed E-state index contributed by atoms with van der Waals surface area (Å²) in [5.74, 6) is -0.719. The summed E-state index contributed by atoms with van der Waals surface area (Å²) in [6.07, 6.45) is 1.43. The lowest BCUT2D eigenvalue weighted by molar-refractivity contribution is -0.139. The molecule has 3 aromatic rings. The zero-order valence-corrected chi connectivity index (χ0v) is 13.1. The van der Waals surface area contributed by atoms with Gasteiger partial charge in [-0.3, -0.25) is 10.1 Å². The number of rotatable bonds is 6. The SMILES string of the molecule is O=C(O)COc1ccc(-c2csc(NC(=O)c3ccco3)n2)cc1. The van der Waals surface area contributed by atoms with E-state index in [0.29, 0.717) is 16.6 Å². The Kier molecular flexibility index (Phi) is 4.57. The first-order valence-corrected chi connectivity index (χ1v) is 7.75. The van der Waals surface area contributed by atoms with E-state index < -0.39 is 5.97 Å². The number of benzene rings is 1. The lowest BCUT2D eigenvalue weighted by Gasteiger charge is -2.03. The summed E-state index contributed by atoms with van der Waals surface area (Å²) in [4.78, 5) is 26.7. The summed E-state index contributed by atoms with van der Waals surface area (Å²) in [7, 11) is 0. The number of carboxylic acids is 1. The van der Waals surface area contributed by atoms with Crippen LogP contribution in [0.2, 0.25) is 0 Å². The molecule has 0 spiro atoms. The van der Waals surface area contributed by atoms with E-state index in [1.807, 2.05) is 5.38 Å². The van der Waals surface area contributed by atoms with Crippen molar-refractivity contribution in [2.45, 2.75) is 0 Å². The van der Waals surface area contributed by atoms with Gasteiger partial charge in [-0.25, -0.2) is 9.78 Å². The molecule has 0 aliphatic heterocycles. The maximum Gasteiger partial charge on any atom is 0.341 e. The second-order valence-electron chi connectivity index (χ2n) is 4.68. The van der Waals surface area contributed by atoms with Crippen molar-refractivity contribution in [2.24, 2.45) is 0 Å². The number of anilines is 1. The van der Waals surface area contributed by atoms with Crippen molar-refractivity contribution in [1.29, 1.82) is 0 Å². The molecule has 2 heterocycles. The summed E-state index contributed by atoms with van der Waals surface area (Å²) < 4.78 is 10.1. The van der Waals surface area contributed by atoms with Crippen LogP contribution >= 0.6 is 11.3 Å². The van der Waals surface area contributed by atoms with Gasteiger partial charge in [-0.1, -0.05) is 0 Å². The Labute approximate surface area is 140 Å². The van der Waals surface area contributed by atoms with Gasteiger partial charge in [-0.2, -0.15) is 0 Å². The number of furan rings is 1. The fourth-order valence-electron chi connectivity index (χ4n) is 1.90. The van der Waals surface area contributed by atoms with Gasteiger partial charge in [-0.05, 0) is 36.4 Å². The fraction of sp³-hybridized carbons (Fsp3) is 0.0625. The van der Waals surface area contributed by atoms with E-state index in [1.54, 1.807) is 36.4 Å². The van der Waals surface area contributed by atoms with Gasteiger partial charge in [0.2, 0.25) is 0 Å². The molecule has 0 saturated heterocycles. The molecular weight excluding hydrogens is 332 g/mol. The van der Waals surface area contributed by atoms with Crippen molar-refractivity contribution in [1.82, 2.24) is 4.98 Å². The van der Waals surface area contributed by atoms with E-state index in [1.165, 1.54) is 17.6 Å². The molecule has 1 aromatic carbocycles. The van der Waals surface area contributed by atoms with E-state index in [4.69, 9.17) is 14.3 Å². The quantitative estimate of drug-likeness (QED) is 0.712. The number of aromatic nitrogens is 1. The molecule has 0 fully saturated rings. The second kappa shape index (κ2) is 6.97. The minimum atomic E-state index is -1.03. The first-order valence-electron chi connectivity index (χ1n) is 6.87. The van der Waals surface area contributed by atoms with Crippen molar-refractivity contribution in [2.75, 3.05) is 11.9 Å². The Bertz CT molecular complexity index is 840. The third-order valence-electron chi connectivity index (χ3n) is 2.98. The van der Waals surface area contributed by atoms with Crippen LogP contribution in [0.3, 0.4) is 0 Å². The number of thiazole rings is 1. The van der Waals surface area contributed by atoms with Gasteiger partial charge in [0, 0.05) is 10.9 Å². The predicted octanol–water partition coefficient (Wildman–Crippen LogP) is 3.12. The number of carbonyl (C=O) groups excluding carboxylic acids is 1. The van der Waals surface area contributed by atoms with Gasteiger partial charge >= 0.3 is 5.97 Å². The molecule has 3 rings (SSSR count). The Morgan fingerprint density at radius 1 is 1.25 bits per heavy atom. The molecule has 0 unspecified atom stereocenters. The minimum Gasteiger partial charge on any atom is -0.482 e. The summed E-state index contributed by atoms with van der Waals surface area (Å²) in [6.45, 7) is -0.390. The van der Waals surface area contributed by atoms with Crippen LogP contribution in [0.25, 0.3) is 11.3 Å². The minimum absolute atomic E-state index is 0.215. The Balaban J connectivity index is 1.66. The molecule has 122 valence electrons. The number of amides is 1. The van der Waals surface area contributed by atoms with Crippen LogP contribution in [0.1, 0.15) is 10.6 Å². The van der Waals surface area contributed by atoms with E-state index in [9.17, 15) is 9.59 Å². The summed E-state index contributed by atoms with van der Waals surface area (Å²) in [6, 6.07) is 10.1. The Morgan fingerprint density at radius 3 is 2.71 bits per heavy atom. The van der Waals surface area contributed by atoms with E-state index in [2.05, 4.69) is 10.3 Å². The zero-order chi connectivity index (χ0) is 16.9. The van der Waals surface area contributed by atoms with Gasteiger partial charge in [0.25, 0.3) is 5.91 Å². The number of carboxylic acid groups (broad SMARTS) is 1. The van der Waals surface area contributed by atoms with Crippen molar-refractivity contribution >= 4 is 28.3 Å². The van der Waals surface area contributed by atoms with E-state index in [-0.39, 0.29) is 18.3 Å². The molecule has 24 heavy (non-hydrogen) atoms. The lowest BCUT2D eigenvalue weighted by Crippen LogP contribution is -2.10. The molecule has 0 bridgehead atoms. The molecule has 0 aliphatic carbocycles. The molecule has 1 amide bonds. The number of carbonyl (C=O) groups is 2. The molecule has 7 nitrogen and oxygen atoms in total. The highest BCUT2D eigenvalue weighted by molar-refractivity contribution is 7.14. The van der Waals surface area contributed by atoms with Crippen LogP contribution in [0.4, 0.5) is 5.13 Å². The highest BCUT2D eigenvalue weighted by Gasteiger charge is 2.12. The van der Waals surface area contributed by atoms with Gasteiger partial charge in [0.1, 0.15) is 5.75 Å². The summed E-state index contributed by atoms with van der Waals surface area (Å²) >= 11 is 1.29. The first-order chi connectivity index (χ1) is 11.6. The highest BCUT2D eigenvalue weighted by atomic mass is 32.1. The highest BCUT2D eigenvalue weighted by Crippen LogP contribution is 2.26. The molecule has 0 radical (unpaired) electrons. The van der Waals surface area contributed by atoms with Crippen LogP contribution < -0.4 is 10.1 Å². The number of ether oxygens (including phenoxy) is 1. The monoisotopic (exact) mass is 344 g/mol. The van der Waals surface area contributed by atoms with Crippen LogP contribution in [-0.4, -0.2) is 28.6 Å². The van der Waals surface area contributed by atoms with Crippen LogP contribution in [0.15, 0.2) is 52.5 Å². The molecule has 0 saturated carbocycles. The average Bonchev–Trinajstić information content (AvgIpc) is 3.25. The first kappa shape index (κ1) is 15.8. The molecule has 0 aliphatic rings. The summed E-state index contributed by atoms with van der Waals surface area (Å²) in [5.41, 5.74) is 1.52. The number of hydrogen-bond acceptors (Lipinski definition) is 6. The van der Waals surface area contributed by atoms with Gasteiger partial charge in [0.15, 0.2) is 17.5 Å². The number of aliphatic carboxylic acids is 1. The van der Waals surface area contributed by atoms with Gasteiger partial charge in [0.05, 0.1) is 12.0 Å². The molecule has 0 atom stereocenters. The van der Waals surface area contributed by atoms with Gasteiger partial charge < -0.3 is 14.3 Å². The Morgan fingerprint density at radius 2 is 2.04 bits per heavy atom. The topological polar surface area (TPSA) is 102 Å². The summed E-state index contributed by atoms with van der Waals surface area (Å²) in [5, 5.41) is 13.5. The van der Waals surface area contributed by atoms with E-state index >= 15 is 0 Å². The number of nitrogens with zero attached hydrogens (tertiary/aromatic N) is 1. The van der Waals surface area contributed by atoms with E-state index in [0.717, 1.165) is 5.56 Å². The van der Waals surface area contributed by atoms with Crippen molar-refractivity contribution in [3.63, 3.8) is 0 Å². The van der Waals surface area contributed by atoms with Crippen LogP contribution in [0.5, 0.6) is 5.75 Å². The fourth-order valence-corrected chi connectivity index (χ4v) is 2.61. The maximum absolute atomic E-state index is 11.9. The Hall–Kier alpha value is -3.13. The van der Waals surface area contributed by atoms with Crippen molar-refractivity contribution in [3.8, 4) is 17.0 Å². The third-order valence-corrected chi connectivity index (χ3v) is 3.74. The maximum atomic E-state index is 11.9. The third kappa shape index (κ3) is 3.79. The molecule has 8 heteroatoms. The number of hydrogen-bond donors (Lipinski definition) is 2. The lowest BCUT2D eigenvalue weighted by atomic mass is 10.2. The smallest absolute Gasteiger partial charge is 0.341 e. The normalized spacial score (nSPS) is 10.3. The largest absolute Gasteiger partial charge is 0.482 e. The standard InChI is InChI=1S/C16H12N2O5S/c19-14(20)8-23-11-5-3-10(4-6-11)12-9-24-16(17-12)18-15(21)13-2-1-7-22-13/h1-7,9H,8H2,(H,19,20)(H,17,18,21). The number of nitrogens with one attached hydrogen (secondary N) is 1. The molecule has 2 N–H and O–H groups in total.